The summed E-state index contributed by atoms with van der Waals surface area (Å²) in [5.74, 6) is -0.638. The Balaban J connectivity index is 1.85. The van der Waals surface area contributed by atoms with E-state index in [1.807, 2.05) is 42.7 Å². The van der Waals surface area contributed by atoms with Gasteiger partial charge in [-0.2, -0.15) is 0 Å². The van der Waals surface area contributed by atoms with E-state index >= 15 is 0 Å². The molecule has 0 aliphatic heterocycles. The van der Waals surface area contributed by atoms with Gasteiger partial charge in [0, 0.05) is 24.7 Å². The van der Waals surface area contributed by atoms with Gasteiger partial charge in [-0.25, -0.2) is 13.8 Å². The normalized spacial score (nSPS) is 11.0. The molecular weight excluding hydrogens is 352 g/mol. The van der Waals surface area contributed by atoms with Crippen LogP contribution in [0.25, 0.3) is 11.3 Å². The molecule has 1 aromatic heterocycles. The van der Waals surface area contributed by atoms with Crippen molar-refractivity contribution >= 4 is 6.29 Å². The molecule has 0 aliphatic carbocycles. The molecule has 0 N–H and O–H groups in total. The molecule has 27 heavy (non-hydrogen) atoms. The summed E-state index contributed by atoms with van der Waals surface area (Å²) in [6.45, 7) is 0.720. The summed E-state index contributed by atoms with van der Waals surface area (Å²) in [4.78, 5) is 17.5. The van der Waals surface area contributed by atoms with Gasteiger partial charge in [-0.15, -0.1) is 0 Å². The van der Waals surface area contributed by atoms with E-state index in [-0.39, 0.29) is 11.3 Å². The first-order valence-electron chi connectivity index (χ1n) is 8.27. The maximum absolute atomic E-state index is 13.7. The summed E-state index contributed by atoms with van der Waals surface area (Å²) in [6.07, 6.45) is 2.10. The number of aldehydes is 1. The molecule has 0 radical (unpaired) electrons. The van der Waals surface area contributed by atoms with Crippen LogP contribution in [0.4, 0.5) is 8.78 Å². The predicted octanol–water partition coefficient (Wildman–Crippen LogP) is 4.03. The standard InChI is InChI=1S/C20H19F2N3O2/c1-24(2)11-20-23-10-18(25(20)3)13-4-6-15(7-5-13)27-19-9-14(21)8-17(22)16(19)12-26/h4-10,12H,11H2,1-3H3. The fourth-order valence-corrected chi connectivity index (χ4v) is 2.73. The highest BCUT2D eigenvalue weighted by molar-refractivity contribution is 5.80. The van der Waals surface area contributed by atoms with Crippen LogP contribution in [0.5, 0.6) is 11.5 Å². The van der Waals surface area contributed by atoms with Crippen molar-refractivity contribution in [1.29, 1.82) is 0 Å². The fourth-order valence-electron chi connectivity index (χ4n) is 2.73. The van der Waals surface area contributed by atoms with Crippen molar-refractivity contribution in [3.8, 4) is 22.8 Å². The van der Waals surface area contributed by atoms with Crippen LogP contribution in [0.15, 0.2) is 42.6 Å². The summed E-state index contributed by atoms with van der Waals surface area (Å²) < 4.78 is 34.6. The number of hydrogen-bond acceptors (Lipinski definition) is 4. The lowest BCUT2D eigenvalue weighted by Gasteiger charge is -2.12. The third-order valence-electron chi connectivity index (χ3n) is 4.09. The largest absolute Gasteiger partial charge is 0.456 e. The summed E-state index contributed by atoms with van der Waals surface area (Å²) in [7, 11) is 5.89. The fraction of sp³-hybridized carbons (Fsp3) is 0.200. The molecular formula is C20H19F2N3O2. The molecule has 0 amide bonds. The molecule has 140 valence electrons. The molecule has 0 fully saturated rings. The highest BCUT2D eigenvalue weighted by Gasteiger charge is 2.14. The molecule has 0 aliphatic rings. The van der Waals surface area contributed by atoms with Gasteiger partial charge in [0.15, 0.2) is 6.29 Å². The number of ether oxygens (including phenoxy) is 1. The highest BCUT2D eigenvalue weighted by Crippen LogP contribution is 2.29. The molecule has 0 saturated carbocycles. The molecule has 0 saturated heterocycles. The molecule has 0 atom stereocenters. The average Bonchev–Trinajstić information content (AvgIpc) is 2.95. The molecule has 0 bridgehead atoms. The van der Waals surface area contributed by atoms with Crippen LogP contribution >= 0.6 is 0 Å². The third kappa shape index (κ3) is 4.03. The second-order valence-electron chi connectivity index (χ2n) is 6.40. The SMILES string of the molecule is CN(C)Cc1ncc(-c2ccc(Oc3cc(F)cc(F)c3C=O)cc2)n1C. The van der Waals surface area contributed by atoms with E-state index < -0.39 is 11.6 Å². The Morgan fingerprint density at radius 2 is 1.89 bits per heavy atom. The van der Waals surface area contributed by atoms with Crippen molar-refractivity contribution in [1.82, 2.24) is 14.5 Å². The Labute approximate surface area is 155 Å². The van der Waals surface area contributed by atoms with Crippen molar-refractivity contribution in [3.63, 3.8) is 0 Å². The molecule has 3 aromatic rings. The van der Waals surface area contributed by atoms with E-state index in [0.29, 0.717) is 18.1 Å². The zero-order valence-electron chi connectivity index (χ0n) is 15.2. The van der Waals surface area contributed by atoms with Crippen LogP contribution < -0.4 is 4.74 Å². The second-order valence-corrected chi connectivity index (χ2v) is 6.40. The molecule has 3 rings (SSSR count). The van der Waals surface area contributed by atoms with E-state index in [1.54, 1.807) is 18.3 Å². The Hall–Kier alpha value is -3.06. The van der Waals surface area contributed by atoms with Crippen molar-refractivity contribution < 1.29 is 18.3 Å². The van der Waals surface area contributed by atoms with Crippen LogP contribution in [0, 0.1) is 11.6 Å². The van der Waals surface area contributed by atoms with E-state index in [9.17, 15) is 13.6 Å². The quantitative estimate of drug-likeness (QED) is 0.614. The van der Waals surface area contributed by atoms with E-state index in [4.69, 9.17) is 4.74 Å². The Kier molecular flexibility index (Phi) is 5.32. The number of halogens is 2. The number of carbonyl (C=O) groups excluding carboxylic acids is 1. The monoisotopic (exact) mass is 371 g/mol. The van der Waals surface area contributed by atoms with Crippen LogP contribution in [0.1, 0.15) is 16.2 Å². The highest BCUT2D eigenvalue weighted by atomic mass is 19.1. The third-order valence-corrected chi connectivity index (χ3v) is 4.09. The molecule has 0 unspecified atom stereocenters. The average molecular weight is 371 g/mol. The van der Waals surface area contributed by atoms with Gasteiger partial charge in [0.1, 0.15) is 29.0 Å². The predicted molar refractivity (Wildman–Crippen MR) is 97.9 cm³/mol. The number of aromatic nitrogens is 2. The van der Waals surface area contributed by atoms with Crippen LogP contribution in [0.2, 0.25) is 0 Å². The molecule has 2 aromatic carbocycles. The van der Waals surface area contributed by atoms with Gasteiger partial charge in [0.2, 0.25) is 0 Å². The van der Waals surface area contributed by atoms with Gasteiger partial charge in [-0.05, 0) is 38.4 Å². The zero-order chi connectivity index (χ0) is 19.6. The van der Waals surface area contributed by atoms with E-state index in [2.05, 4.69) is 4.98 Å². The number of imidazole rings is 1. The van der Waals surface area contributed by atoms with Crippen LogP contribution in [0.3, 0.4) is 0 Å². The van der Waals surface area contributed by atoms with E-state index in [0.717, 1.165) is 29.7 Å². The minimum atomic E-state index is -0.958. The van der Waals surface area contributed by atoms with Crippen LogP contribution in [-0.2, 0) is 13.6 Å². The maximum atomic E-state index is 13.7. The summed E-state index contributed by atoms with van der Waals surface area (Å²) >= 11 is 0. The van der Waals surface area contributed by atoms with Gasteiger partial charge in [-0.3, -0.25) is 4.79 Å². The number of carbonyl (C=O) groups is 1. The first kappa shape index (κ1) is 18.7. The smallest absolute Gasteiger partial charge is 0.156 e. The molecule has 0 spiro atoms. The van der Waals surface area contributed by atoms with Crippen molar-refractivity contribution in [2.24, 2.45) is 7.05 Å². The zero-order valence-corrected chi connectivity index (χ0v) is 15.2. The summed E-state index contributed by atoms with van der Waals surface area (Å²) in [6, 6.07) is 8.61. The van der Waals surface area contributed by atoms with Gasteiger partial charge in [-0.1, -0.05) is 0 Å². The number of rotatable bonds is 6. The topological polar surface area (TPSA) is 47.4 Å². The lowest BCUT2D eigenvalue weighted by atomic mass is 10.1. The lowest BCUT2D eigenvalue weighted by Crippen LogP contribution is -2.14. The molecule has 5 nitrogen and oxygen atoms in total. The Morgan fingerprint density at radius 1 is 1.19 bits per heavy atom. The number of hydrogen-bond donors (Lipinski definition) is 0. The van der Waals surface area contributed by atoms with Crippen LogP contribution in [-0.4, -0.2) is 34.8 Å². The lowest BCUT2D eigenvalue weighted by molar-refractivity contribution is 0.111. The maximum Gasteiger partial charge on any atom is 0.156 e. The molecule has 1 heterocycles. The minimum Gasteiger partial charge on any atom is -0.456 e. The van der Waals surface area contributed by atoms with Gasteiger partial charge in [0.05, 0.1) is 24.0 Å². The first-order chi connectivity index (χ1) is 12.9. The number of benzene rings is 2. The molecule has 7 heteroatoms. The summed E-state index contributed by atoms with van der Waals surface area (Å²) in [5, 5.41) is 0. The van der Waals surface area contributed by atoms with Crippen molar-refractivity contribution in [2.45, 2.75) is 6.54 Å². The van der Waals surface area contributed by atoms with Gasteiger partial charge in [0.25, 0.3) is 0 Å². The Bertz CT molecular complexity index is 966. The first-order valence-corrected chi connectivity index (χ1v) is 8.27. The minimum absolute atomic E-state index is 0.163. The number of nitrogens with zero attached hydrogens (tertiary/aromatic N) is 3. The van der Waals surface area contributed by atoms with Gasteiger partial charge >= 0.3 is 0 Å². The van der Waals surface area contributed by atoms with Crippen molar-refractivity contribution in [3.05, 3.63) is 65.6 Å². The summed E-state index contributed by atoms with van der Waals surface area (Å²) in [5.41, 5.74) is 1.53. The second kappa shape index (κ2) is 7.67. The Morgan fingerprint density at radius 3 is 2.52 bits per heavy atom. The van der Waals surface area contributed by atoms with Crippen molar-refractivity contribution in [2.75, 3.05) is 14.1 Å². The van der Waals surface area contributed by atoms with E-state index in [1.165, 1.54) is 0 Å². The van der Waals surface area contributed by atoms with Gasteiger partial charge < -0.3 is 14.2 Å².